The zero-order chi connectivity index (χ0) is 18.8. The minimum absolute atomic E-state index is 0.261. The number of urea groups is 1. The van der Waals surface area contributed by atoms with E-state index in [0.29, 0.717) is 5.56 Å². The maximum absolute atomic E-state index is 13.2. The topological polar surface area (TPSA) is 105 Å². The van der Waals surface area contributed by atoms with E-state index >= 15 is 0 Å². The van der Waals surface area contributed by atoms with Gasteiger partial charge in [-0.15, -0.1) is 0 Å². The molecule has 0 aliphatic carbocycles. The maximum atomic E-state index is 13.2. The van der Waals surface area contributed by atoms with Crippen LogP contribution in [0.2, 0.25) is 0 Å². The summed E-state index contributed by atoms with van der Waals surface area (Å²) in [6.07, 6.45) is 0. The summed E-state index contributed by atoms with van der Waals surface area (Å²) in [5, 5.41) is 4.84. The van der Waals surface area contributed by atoms with E-state index in [-0.39, 0.29) is 5.69 Å². The van der Waals surface area contributed by atoms with Gasteiger partial charge in [-0.25, -0.2) is 9.18 Å². The molecule has 2 N–H and O–H groups in total. The van der Waals surface area contributed by atoms with E-state index in [4.69, 9.17) is 4.74 Å². The van der Waals surface area contributed by atoms with Crippen molar-refractivity contribution in [2.45, 2.75) is 26.3 Å². The highest BCUT2D eigenvalue weighted by Gasteiger charge is 2.45. The van der Waals surface area contributed by atoms with Crippen LogP contribution in [0.5, 0.6) is 0 Å². The Bertz CT molecular complexity index is 747. The van der Waals surface area contributed by atoms with Gasteiger partial charge < -0.3 is 15.4 Å². The van der Waals surface area contributed by atoms with Crippen molar-refractivity contribution in [1.29, 1.82) is 0 Å². The fourth-order valence-electron chi connectivity index (χ4n) is 2.20. The van der Waals surface area contributed by atoms with Gasteiger partial charge in [-0.3, -0.25) is 19.3 Å². The monoisotopic (exact) mass is 351 g/mol. The summed E-state index contributed by atoms with van der Waals surface area (Å²) in [7, 11) is 0. The van der Waals surface area contributed by atoms with Gasteiger partial charge in [0.25, 0.3) is 11.8 Å². The molecular formula is C16H18FN3O5. The SMILES string of the molecule is Cc1ccc(F)cc1NC(=O)COC(=O)CN1C(=O)NC(C)(C)C1=O. The lowest BCUT2D eigenvalue weighted by Gasteiger charge is -2.15. The zero-order valence-electron chi connectivity index (χ0n) is 14.0. The second kappa shape index (κ2) is 6.88. The number of ether oxygens (including phenoxy) is 1. The lowest BCUT2D eigenvalue weighted by atomic mass is 10.1. The number of hydrogen-bond acceptors (Lipinski definition) is 5. The summed E-state index contributed by atoms with van der Waals surface area (Å²) in [5.41, 5.74) is -0.191. The third-order valence-corrected chi connectivity index (χ3v) is 3.57. The predicted octanol–water partition coefficient (Wildman–Crippen LogP) is 0.946. The van der Waals surface area contributed by atoms with Gasteiger partial charge in [0.2, 0.25) is 0 Å². The molecule has 0 saturated carbocycles. The Morgan fingerprint density at radius 3 is 2.60 bits per heavy atom. The predicted molar refractivity (Wildman–Crippen MR) is 85.0 cm³/mol. The number of anilines is 1. The van der Waals surface area contributed by atoms with Gasteiger partial charge in [-0.1, -0.05) is 6.07 Å². The van der Waals surface area contributed by atoms with Gasteiger partial charge in [0.05, 0.1) is 0 Å². The quantitative estimate of drug-likeness (QED) is 0.607. The summed E-state index contributed by atoms with van der Waals surface area (Å²) >= 11 is 0. The minimum Gasteiger partial charge on any atom is -0.454 e. The number of halogens is 1. The third kappa shape index (κ3) is 4.31. The minimum atomic E-state index is -1.09. The van der Waals surface area contributed by atoms with E-state index < -0.39 is 48.3 Å². The van der Waals surface area contributed by atoms with Gasteiger partial charge in [-0.2, -0.15) is 0 Å². The number of esters is 1. The molecule has 0 bridgehead atoms. The van der Waals surface area contributed by atoms with Gasteiger partial charge in [0, 0.05) is 5.69 Å². The van der Waals surface area contributed by atoms with Crippen molar-refractivity contribution >= 4 is 29.5 Å². The fourth-order valence-corrected chi connectivity index (χ4v) is 2.20. The molecule has 8 nitrogen and oxygen atoms in total. The molecule has 0 spiro atoms. The van der Waals surface area contributed by atoms with Crippen LogP contribution in [0.15, 0.2) is 18.2 Å². The number of benzene rings is 1. The Kier molecular flexibility index (Phi) is 5.05. The normalized spacial score (nSPS) is 15.8. The Hall–Kier alpha value is -2.97. The van der Waals surface area contributed by atoms with Crippen molar-refractivity contribution in [3.05, 3.63) is 29.6 Å². The lowest BCUT2D eigenvalue weighted by Crippen LogP contribution is -2.41. The molecule has 0 radical (unpaired) electrons. The number of amides is 4. The second-order valence-electron chi connectivity index (χ2n) is 6.11. The molecule has 1 saturated heterocycles. The van der Waals surface area contributed by atoms with Crippen molar-refractivity contribution < 1.29 is 28.3 Å². The Balaban J connectivity index is 1.86. The number of hydrogen-bond donors (Lipinski definition) is 2. The average Bonchev–Trinajstić information content (AvgIpc) is 2.71. The van der Waals surface area contributed by atoms with E-state index in [0.717, 1.165) is 11.0 Å². The first-order chi connectivity index (χ1) is 11.6. The molecule has 25 heavy (non-hydrogen) atoms. The number of aryl methyl sites for hydroxylation is 1. The van der Waals surface area contributed by atoms with E-state index in [1.165, 1.54) is 26.0 Å². The summed E-state index contributed by atoms with van der Waals surface area (Å²) in [6.45, 7) is 3.48. The molecule has 1 aliphatic heterocycles. The first kappa shape index (κ1) is 18.4. The van der Waals surface area contributed by atoms with Crippen molar-refractivity contribution in [3.8, 4) is 0 Å². The molecule has 1 aromatic rings. The maximum Gasteiger partial charge on any atom is 0.326 e. The van der Waals surface area contributed by atoms with Gasteiger partial charge >= 0.3 is 12.0 Å². The van der Waals surface area contributed by atoms with Crippen LogP contribution in [0.3, 0.4) is 0 Å². The van der Waals surface area contributed by atoms with Crippen molar-refractivity contribution in [2.75, 3.05) is 18.5 Å². The van der Waals surface area contributed by atoms with Crippen molar-refractivity contribution in [2.24, 2.45) is 0 Å². The molecule has 2 rings (SSSR count). The number of imide groups is 1. The van der Waals surface area contributed by atoms with E-state index in [2.05, 4.69) is 10.6 Å². The van der Waals surface area contributed by atoms with Crippen molar-refractivity contribution in [3.63, 3.8) is 0 Å². The first-order valence-corrected chi connectivity index (χ1v) is 7.46. The van der Waals surface area contributed by atoms with Gasteiger partial charge in [-0.05, 0) is 38.5 Å². The van der Waals surface area contributed by atoms with Crippen LogP contribution in [-0.4, -0.2) is 47.4 Å². The summed E-state index contributed by atoms with van der Waals surface area (Å²) in [4.78, 5) is 47.8. The lowest BCUT2D eigenvalue weighted by molar-refractivity contribution is -0.150. The van der Waals surface area contributed by atoms with Crippen LogP contribution in [0.1, 0.15) is 19.4 Å². The van der Waals surface area contributed by atoms with Gasteiger partial charge in [0.15, 0.2) is 6.61 Å². The molecule has 134 valence electrons. The molecule has 0 aromatic heterocycles. The molecule has 0 atom stereocenters. The fraction of sp³-hybridized carbons (Fsp3) is 0.375. The molecule has 9 heteroatoms. The van der Waals surface area contributed by atoms with Crippen LogP contribution < -0.4 is 10.6 Å². The van der Waals surface area contributed by atoms with Crippen molar-refractivity contribution in [1.82, 2.24) is 10.2 Å². The van der Waals surface area contributed by atoms with E-state index in [9.17, 15) is 23.6 Å². The third-order valence-electron chi connectivity index (χ3n) is 3.57. The summed E-state index contributed by atoms with van der Waals surface area (Å²) < 4.78 is 17.9. The highest BCUT2D eigenvalue weighted by Crippen LogP contribution is 2.17. The molecule has 1 aliphatic rings. The number of nitrogens with one attached hydrogen (secondary N) is 2. The zero-order valence-corrected chi connectivity index (χ0v) is 14.0. The standard InChI is InChI=1S/C16H18FN3O5/c1-9-4-5-10(17)6-11(9)18-12(21)8-25-13(22)7-20-14(23)16(2,3)19-15(20)24/h4-6H,7-8H2,1-3H3,(H,18,21)(H,19,24). The number of nitrogens with zero attached hydrogens (tertiary/aromatic N) is 1. The van der Waals surface area contributed by atoms with Crippen LogP contribution in [-0.2, 0) is 19.1 Å². The average molecular weight is 351 g/mol. The molecule has 1 heterocycles. The molecule has 4 amide bonds. The highest BCUT2D eigenvalue weighted by molar-refractivity contribution is 6.08. The smallest absolute Gasteiger partial charge is 0.326 e. The number of rotatable bonds is 5. The van der Waals surface area contributed by atoms with Crippen LogP contribution in [0.4, 0.5) is 14.9 Å². The molecule has 1 fully saturated rings. The second-order valence-corrected chi connectivity index (χ2v) is 6.11. The number of carbonyl (C=O) groups excluding carboxylic acids is 4. The molecular weight excluding hydrogens is 333 g/mol. The van der Waals surface area contributed by atoms with Crippen LogP contribution in [0, 0.1) is 12.7 Å². The molecule has 0 unspecified atom stereocenters. The largest absolute Gasteiger partial charge is 0.454 e. The van der Waals surface area contributed by atoms with Crippen LogP contribution in [0.25, 0.3) is 0 Å². The summed E-state index contributed by atoms with van der Waals surface area (Å²) in [6, 6.07) is 3.19. The van der Waals surface area contributed by atoms with E-state index in [1.54, 1.807) is 6.92 Å². The van der Waals surface area contributed by atoms with E-state index in [1.807, 2.05) is 0 Å². The number of carbonyl (C=O) groups is 4. The highest BCUT2D eigenvalue weighted by atomic mass is 19.1. The van der Waals surface area contributed by atoms with Crippen LogP contribution >= 0.6 is 0 Å². The summed E-state index contributed by atoms with van der Waals surface area (Å²) in [5.74, 6) is -2.65. The first-order valence-electron chi connectivity index (χ1n) is 7.46. The Morgan fingerprint density at radius 2 is 2.00 bits per heavy atom. The Labute approximate surface area is 143 Å². The van der Waals surface area contributed by atoms with Gasteiger partial charge in [0.1, 0.15) is 17.9 Å². The molecule has 1 aromatic carbocycles. The Morgan fingerprint density at radius 1 is 1.32 bits per heavy atom.